The molecule has 1 aromatic carbocycles. The van der Waals surface area contributed by atoms with Crippen LogP contribution in [0.1, 0.15) is 41.0 Å². The molecule has 0 N–H and O–H groups in total. The van der Waals surface area contributed by atoms with E-state index in [4.69, 9.17) is 56.8 Å². The lowest BCUT2D eigenvalue weighted by molar-refractivity contribution is -0.0286. The van der Waals surface area contributed by atoms with Gasteiger partial charge >= 0.3 is 0 Å². The zero-order valence-electron chi connectivity index (χ0n) is 31.4. The van der Waals surface area contributed by atoms with E-state index < -0.39 is 0 Å². The molecule has 0 saturated carbocycles. The Kier molecular flexibility index (Phi) is 29.6. The predicted molar refractivity (Wildman–Crippen MR) is 191 cm³/mol. The minimum Gasteiger partial charge on any atom is -0.379 e. The first-order valence-electron chi connectivity index (χ1n) is 18.5. The summed E-state index contributed by atoms with van der Waals surface area (Å²) < 4.78 is 65.8. The van der Waals surface area contributed by atoms with E-state index in [1.807, 2.05) is 0 Å². The molecule has 1 atom stereocenters. The Morgan fingerprint density at radius 2 is 0.673 bits per heavy atom. The van der Waals surface area contributed by atoms with E-state index >= 15 is 0 Å². The van der Waals surface area contributed by atoms with Crippen molar-refractivity contribution in [1.29, 1.82) is 0 Å². The van der Waals surface area contributed by atoms with Gasteiger partial charge in [0.1, 0.15) is 0 Å². The number of carbonyl (C=O) groups is 2. The van der Waals surface area contributed by atoms with Gasteiger partial charge in [-0.15, -0.1) is 0 Å². The van der Waals surface area contributed by atoms with Crippen LogP contribution in [0.15, 0.2) is 24.3 Å². The van der Waals surface area contributed by atoms with E-state index in [9.17, 15) is 9.59 Å². The van der Waals surface area contributed by atoms with Crippen molar-refractivity contribution in [2.45, 2.75) is 20.3 Å². The van der Waals surface area contributed by atoms with Gasteiger partial charge in [0.15, 0.2) is 0 Å². The van der Waals surface area contributed by atoms with Gasteiger partial charge in [-0.2, -0.15) is 0 Å². The first-order chi connectivity index (χ1) is 25.6. The van der Waals surface area contributed by atoms with Crippen LogP contribution in [0.5, 0.6) is 0 Å². The molecule has 0 saturated heterocycles. The predicted octanol–water partition coefficient (Wildman–Crippen LogP) is 2.53. The van der Waals surface area contributed by atoms with Crippen molar-refractivity contribution in [1.82, 2.24) is 4.90 Å². The number of nitrogens with zero attached hydrogens (tertiary/aromatic N) is 1. The van der Waals surface area contributed by atoms with Crippen LogP contribution < -0.4 is 0 Å². The van der Waals surface area contributed by atoms with Crippen LogP contribution in [-0.4, -0.2) is 182 Å². The number of amides is 2. The number of imide groups is 1. The Labute approximate surface area is 309 Å². The summed E-state index contributed by atoms with van der Waals surface area (Å²) in [4.78, 5) is 25.8. The number of hydrogen-bond donors (Lipinski definition) is 0. The molecule has 1 aliphatic heterocycles. The average Bonchev–Trinajstić information content (AvgIpc) is 3.40. The van der Waals surface area contributed by atoms with Gasteiger partial charge in [-0.3, -0.25) is 14.5 Å². The Balaban J connectivity index is 1.16. The summed E-state index contributed by atoms with van der Waals surface area (Å²) in [6, 6.07) is 6.82. The van der Waals surface area contributed by atoms with Crippen molar-refractivity contribution in [2.24, 2.45) is 5.92 Å². The minimum atomic E-state index is -0.278. The van der Waals surface area contributed by atoms with E-state index in [0.717, 1.165) is 13.0 Å². The third-order valence-corrected chi connectivity index (χ3v) is 7.53. The molecular weight excluding hydrogens is 682 g/mol. The normalized spacial score (nSPS) is 13.4. The lowest BCUT2D eigenvalue weighted by atomic mass is 10.1. The summed E-state index contributed by atoms with van der Waals surface area (Å²) in [6.45, 7) is 16.5. The van der Waals surface area contributed by atoms with Crippen molar-refractivity contribution >= 4 is 11.8 Å². The van der Waals surface area contributed by atoms with Gasteiger partial charge in [0.05, 0.1) is 170 Å². The maximum absolute atomic E-state index is 12.3. The first kappa shape index (κ1) is 46.0. The smallest absolute Gasteiger partial charge is 0.261 e. The summed E-state index contributed by atoms with van der Waals surface area (Å²) in [5, 5.41) is 0. The van der Waals surface area contributed by atoms with Crippen LogP contribution in [-0.2, 0) is 56.8 Å². The number of benzene rings is 1. The lowest BCUT2D eigenvalue weighted by Gasteiger charge is -2.13. The molecule has 1 heterocycles. The van der Waals surface area contributed by atoms with Gasteiger partial charge < -0.3 is 56.8 Å². The Morgan fingerprint density at radius 3 is 0.942 bits per heavy atom. The Hall–Kier alpha value is -2.12. The quantitative estimate of drug-likeness (QED) is 0.0718. The second kappa shape index (κ2) is 33.4. The summed E-state index contributed by atoms with van der Waals surface area (Å²) >= 11 is 0. The molecular formula is C37H63NO14. The van der Waals surface area contributed by atoms with E-state index in [1.165, 1.54) is 4.90 Å². The van der Waals surface area contributed by atoms with Crippen LogP contribution in [0.4, 0.5) is 0 Å². The molecule has 15 heteroatoms. The highest BCUT2D eigenvalue weighted by molar-refractivity contribution is 6.21. The highest BCUT2D eigenvalue weighted by Gasteiger charge is 2.34. The number of fused-ring (bicyclic) bond motifs is 1. The second-order valence-corrected chi connectivity index (χ2v) is 11.6. The van der Waals surface area contributed by atoms with Crippen LogP contribution in [0, 0.1) is 5.92 Å². The monoisotopic (exact) mass is 745 g/mol. The zero-order chi connectivity index (χ0) is 37.2. The molecule has 1 aliphatic rings. The van der Waals surface area contributed by atoms with Crippen LogP contribution >= 0.6 is 0 Å². The highest BCUT2D eigenvalue weighted by atomic mass is 16.6. The van der Waals surface area contributed by atoms with Crippen LogP contribution in [0.2, 0.25) is 0 Å². The third-order valence-electron chi connectivity index (χ3n) is 7.53. The molecule has 1 aromatic rings. The standard InChI is InChI=1S/C37H63NO14/c1-3-33(2)32-52-31-30-51-29-28-50-27-26-49-25-24-48-23-22-47-21-20-46-19-18-45-17-16-44-15-14-43-13-12-42-11-10-41-9-8-38-36(39)34-6-4-5-7-35(34)37(38)40/h4-7,33H,3,8-32H2,1-2H3. The highest BCUT2D eigenvalue weighted by Crippen LogP contribution is 2.21. The summed E-state index contributed by atoms with van der Waals surface area (Å²) in [5.41, 5.74) is 0.883. The number of hydrogen-bond acceptors (Lipinski definition) is 14. The minimum absolute atomic E-state index is 0.214. The third kappa shape index (κ3) is 23.5. The Bertz CT molecular complexity index is 968. The van der Waals surface area contributed by atoms with E-state index in [0.29, 0.717) is 162 Å². The van der Waals surface area contributed by atoms with Gasteiger partial charge in [-0.05, 0) is 18.1 Å². The molecule has 2 amide bonds. The molecule has 0 radical (unpaired) electrons. The molecule has 0 aromatic heterocycles. The van der Waals surface area contributed by atoms with Crippen molar-refractivity contribution < 1.29 is 66.4 Å². The van der Waals surface area contributed by atoms with Crippen LogP contribution in [0.25, 0.3) is 0 Å². The Morgan fingerprint density at radius 1 is 0.423 bits per heavy atom. The van der Waals surface area contributed by atoms with Crippen molar-refractivity contribution in [3.63, 3.8) is 0 Å². The largest absolute Gasteiger partial charge is 0.379 e. The molecule has 1 unspecified atom stereocenters. The van der Waals surface area contributed by atoms with E-state index in [-0.39, 0.29) is 25.0 Å². The van der Waals surface area contributed by atoms with Gasteiger partial charge in [0, 0.05) is 6.61 Å². The molecule has 0 bridgehead atoms. The number of carbonyl (C=O) groups excluding carboxylic acids is 2. The summed E-state index contributed by atoms with van der Waals surface area (Å²) in [7, 11) is 0. The van der Waals surface area contributed by atoms with Crippen molar-refractivity contribution in [2.75, 3.05) is 165 Å². The van der Waals surface area contributed by atoms with E-state index in [1.54, 1.807) is 24.3 Å². The summed E-state index contributed by atoms with van der Waals surface area (Å²) in [5.74, 6) is 0.0348. The van der Waals surface area contributed by atoms with Crippen molar-refractivity contribution in [3.05, 3.63) is 35.4 Å². The average molecular weight is 746 g/mol. The lowest BCUT2D eigenvalue weighted by Crippen LogP contribution is -2.33. The molecule has 0 fully saturated rings. The zero-order valence-corrected chi connectivity index (χ0v) is 31.4. The fraction of sp³-hybridized carbons (Fsp3) is 0.784. The van der Waals surface area contributed by atoms with Crippen LogP contribution in [0.3, 0.4) is 0 Å². The second-order valence-electron chi connectivity index (χ2n) is 11.6. The summed E-state index contributed by atoms with van der Waals surface area (Å²) in [6.07, 6.45) is 1.13. The first-order valence-corrected chi connectivity index (χ1v) is 18.5. The van der Waals surface area contributed by atoms with E-state index in [2.05, 4.69) is 13.8 Å². The molecule has 0 aliphatic carbocycles. The SMILES string of the molecule is CCC(C)COCCOCCOCCOCCOCCOCCOCCOCCOCCOCCOCCOCCN1C(=O)c2ccccc2C1=O. The fourth-order valence-corrected chi connectivity index (χ4v) is 4.42. The van der Waals surface area contributed by atoms with Gasteiger partial charge in [0.2, 0.25) is 0 Å². The molecule has 2 rings (SSSR count). The fourth-order valence-electron chi connectivity index (χ4n) is 4.42. The van der Waals surface area contributed by atoms with Gasteiger partial charge in [0.25, 0.3) is 11.8 Å². The molecule has 0 spiro atoms. The maximum Gasteiger partial charge on any atom is 0.261 e. The number of ether oxygens (including phenoxy) is 12. The van der Waals surface area contributed by atoms with Gasteiger partial charge in [-0.25, -0.2) is 0 Å². The molecule has 15 nitrogen and oxygen atoms in total. The maximum atomic E-state index is 12.3. The molecule has 52 heavy (non-hydrogen) atoms. The number of rotatable bonds is 39. The topological polar surface area (TPSA) is 148 Å². The van der Waals surface area contributed by atoms with Crippen molar-refractivity contribution in [3.8, 4) is 0 Å². The molecule has 300 valence electrons. The van der Waals surface area contributed by atoms with Gasteiger partial charge in [-0.1, -0.05) is 32.4 Å².